The quantitative estimate of drug-likeness (QED) is 0.451. The van der Waals surface area contributed by atoms with Crippen molar-refractivity contribution in [2.24, 2.45) is 0 Å². The van der Waals surface area contributed by atoms with E-state index in [0.29, 0.717) is 17.1 Å². The van der Waals surface area contributed by atoms with Crippen LogP contribution in [-0.4, -0.2) is 19.7 Å². The molecule has 0 saturated carbocycles. The molecule has 0 bridgehead atoms. The summed E-state index contributed by atoms with van der Waals surface area (Å²) in [7, 11) is -3.64. The van der Waals surface area contributed by atoms with Gasteiger partial charge in [0, 0.05) is 17.4 Å². The lowest BCUT2D eigenvalue weighted by molar-refractivity contribution is 0.514. The van der Waals surface area contributed by atoms with Crippen LogP contribution < -0.4 is 0 Å². The van der Waals surface area contributed by atoms with Gasteiger partial charge in [0.2, 0.25) is 5.89 Å². The molecule has 146 valence electrons. The van der Waals surface area contributed by atoms with Crippen LogP contribution in [0.3, 0.4) is 0 Å². The van der Waals surface area contributed by atoms with Gasteiger partial charge in [-0.2, -0.15) is 0 Å². The molecule has 0 aliphatic carbocycles. The Morgan fingerprint density at radius 1 is 0.828 bits per heavy atom. The number of benzene rings is 3. The first-order chi connectivity index (χ1) is 13.9. The van der Waals surface area contributed by atoms with Gasteiger partial charge in [0.1, 0.15) is 16.8 Å². The number of oxazole rings is 1. The fourth-order valence-corrected chi connectivity index (χ4v) is 4.45. The highest BCUT2D eigenvalue weighted by atomic mass is 32.2. The number of hydrogen-bond donors (Lipinski definition) is 0. The third kappa shape index (κ3) is 3.98. The van der Waals surface area contributed by atoms with Crippen LogP contribution in [-0.2, 0) is 9.84 Å². The zero-order chi connectivity index (χ0) is 20.4. The minimum absolute atomic E-state index is 0.212. The number of aromatic nitrogens is 1. The van der Waals surface area contributed by atoms with Gasteiger partial charge in [-0.15, -0.1) is 0 Å². The SMILES string of the molecule is CS(=O)(=O)C(c1ccc(F)cc1)c1oc(-c2ccccc2)nc1-c1ccccc1. The van der Waals surface area contributed by atoms with Crippen LogP contribution in [0.25, 0.3) is 22.7 Å². The van der Waals surface area contributed by atoms with Gasteiger partial charge in [-0.1, -0.05) is 60.7 Å². The first kappa shape index (κ1) is 19.1. The van der Waals surface area contributed by atoms with E-state index >= 15 is 0 Å². The van der Waals surface area contributed by atoms with Crippen molar-refractivity contribution in [1.82, 2.24) is 4.98 Å². The van der Waals surface area contributed by atoms with Crippen molar-refractivity contribution in [2.45, 2.75) is 5.25 Å². The summed E-state index contributed by atoms with van der Waals surface area (Å²) in [6.07, 6.45) is 1.14. The Morgan fingerprint density at radius 3 is 1.93 bits per heavy atom. The van der Waals surface area contributed by atoms with E-state index in [1.54, 1.807) is 0 Å². The lowest BCUT2D eigenvalue weighted by Crippen LogP contribution is -2.13. The molecule has 0 fully saturated rings. The summed E-state index contributed by atoms with van der Waals surface area (Å²) in [6.45, 7) is 0. The van der Waals surface area contributed by atoms with Crippen LogP contribution in [0.2, 0.25) is 0 Å². The minimum atomic E-state index is -3.64. The summed E-state index contributed by atoms with van der Waals surface area (Å²) >= 11 is 0. The van der Waals surface area contributed by atoms with Crippen LogP contribution in [0.15, 0.2) is 89.3 Å². The van der Waals surface area contributed by atoms with Gasteiger partial charge in [-0.3, -0.25) is 0 Å². The molecule has 4 rings (SSSR count). The van der Waals surface area contributed by atoms with Crippen molar-refractivity contribution >= 4 is 9.84 Å². The zero-order valence-corrected chi connectivity index (χ0v) is 16.4. The smallest absolute Gasteiger partial charge is 0.226 e. The molecule has 0 N–H and O–H groups in total. The van der Waals surface area contributed by atoms with E-state index < -0.39 is 20.9 Å². The Kier molecular flexibility index (Phi) is 5.03. The van der Waals surface area contributed by atoms with E-state index in [1.165, 1.54) is 24.3 Å². The maximum Gasteiger partial charge on any atom is 0.226 e. The molecule has 1 heterocycles. The number of rotatable bonds is 5. The Bertz CT molecular complexity index is 1220. The Balaban J connectivity index is 1.96. The topological polar surface area (TPSA) is 60.2 Å². The van der Waals surface area contributed by atoms with Crippen molar-refractivity contribution in [3.05, 3.63) is 102 Å². The number of halogens is 1. The maximum atomic E-state index is 13.4. The first-order valence-corrected chi connectivity index (χ1v) is 10.9. The highest BCUT2D eigenvalue weighted by Gasteiger charge is 2.33. The molecular formula is C23H18FNO3S. The van der Waals surface area contributed by atoms with Gasteiger partial charge >= 0.3 is 0 Å². The van der Waals surface area contributed by atoms with Crippen molar-refractivity contribution in [2.75, 3.05) is 6.26 Å². The van der Waals surface area contributed by atoms with Gasteiger partial charge in [-0.05, 0) is 29.8 Å². The number of hydrogen-bond acceptors (Lipinski definition) is 4. The minimum Gasteiger partial charge on any atom is -0.439 e. The van der Waals surface area contributed by atoms with Gasteiger partial charge in [0.15, 0.2) is 15.6 Å². The summed E-state index contributed by atoms with van der Waals surface area (Å²) in [6, 6.07) is 23.9. The summed E-state index contributed by atoms with van der Waals surface area (Å²) < 4.78 is 45.0. The molecule has 0 saturated heterocycles. The molecule has 4 aromatic rings. The Labute approximate surface area is 168 Å². The average molecular weight is 407 g/mol. The van der Waals surface area contributed by atoms with Gasteiger partial charge in [0.05, 0.1) is 0 Å². The normalized spacial score (nSPS) is 12.6. The Hall–Kier alpha value is -3.25. The summed E-state index contributed by atoms with van der Waals surface area (Å²) in [5.41, 5.74) is 2.34. The highest BCUT2D eigenvalue weighted by Crippen LogP contribution is 2.39. The second-order valence-corrected chi connectivity index (χ2v) is 8.86. The number of sulfone groups is 1. The molecule has 3 aromatic carbocycles. The van der Waals surface area contributed by atoms with Crippen molar-refractivity contribution in [3.8, 4) is 22.7 Å². The molecule has 1 aromatic heterocycles. The van der Waals surface area contributed by atoms with Crippen LogP contribution >= 0.6 is 0 Å². The Morgan fingerprint density at radius 2 is 1.38 bits per heavy atom. The second-order valence-electron chi connectivity index (χ2n) is 6.73. The van der Waals surface area contributed by atoms with Crippen LogP contribution in [0.4, 0.5) is 4.39 Å². The molecule has 4 nitrogen and oxygen atoms in total. The van der Waals surface area contributed by atoms with Gasteiger partial charge < -0.3 is 4.42 Å². The van der Waals surface area contributed by atoms with Crippen molar-refractivity contribution in [1.29, 1.82) is 0 Å². The third-order valence-electron chi connectivity index (χ3n) is 4.56. The van der Waals surface area contributed by atoms with Crippen molar-refractivity contribution in [3.63, 3.8) is 0 Å². The first-order valence-electron chi connectivity index (χ1n) is 8.99. The average Bonchev–Trinajstić information content (AvgIpc) is 3.15. The molecule has 0 aliphatic heterocycles. The summed E-state index contributed by atoms with van der Waals surface area (Å²) in [5.74, 6) is 0.103. The van der Waals surface area contributed by atoms with Crippen molar-refractivity contribution < 1.29 is 17.2 Å². The standard InChI is InChI=1S/C23H18FNO3S/c1-29(26,27)22(17-12-14-19(24)15-13-17)21-20(16-8-4-2-5-9-16)25-23(28-21)18-10-6-3-7-11-18/h2-15,22H,1H3. The molecule has 1 unspecified atom stereocenters. The van der Waals surface area contributed by atoms with E-state index in [2.05, 4.69) is 4.98 Å². The van der Waals surface area contributed by atoms with E-state index in [0.717, 1.165) is 17.4 Å². The molecule has 0 radical (unpaired) electrons. The molecule has 29 heavy (non-hydrogen) atoms. The molecule has 0 spiro atoms. The maximum absolute atomic E-state index is 13.4. The van der Waals surface area contributed by atoms with E-state index in [9.17, 15) is 12.8 Å². The van der Waals surface area contributed by atoms with Crippen LogP contribution in [0, 0.1) is 5.82 Å². The number of nitrogens with zero attached hydrogens (tertiary/aromatic N) is 1. The van der Waals surface area contributed by atoms with E-state index in [-0.39, 0.29) is 5.76 Å². The molecule has 0 aliphatic rings. The van der Waals surface area contributed by atoms with Crippen LogP contribution in [0.1, 0.15) is 16.6 Å². The van der Waals surface area contributed by atoms with Crippen LogP contribution in [0.5, 0.6) is 0 Å². The zero-order valence-electron chi connectivity index (χ0n) is 15.6. The molecule has 0 amide bonds. The third-order valence-corrected chi connectivity index (χ3v) is 5.90. The van der Waals surface area contributed by atoms with Gasteiger partial charge in [-0.25, -0.2) is 17.8 Å². The molecule has 1 atom stereocenters. The largest absolute Gasteiger partial charge is 0.439 e. The lowest BCUT2D eigenvalue weighted by atomic mass is 10.0. The highest BCUT2D eigenvalue weighted by molar-refractivity contribution is 7.91. The summed E-state index contributed by atoms with van der Waals surface area (Å²) in [5, 5.41) is -1.11. The predicted octanol–water partition coefficient (Wildman–Crippen LogP) is 5.28. The van der Waals surface area contributed by atoms with E-state index in [4.69, 9.17) is 4.42 Å². The lowest BCUT2D eigenvalue weighted by Gasteiger charge is -2.14. The fourth-order valence-electron chi connectivity index (χ4n) is 3.25. The van der Waals surface area contributed by atoms with E-state index in [1.807, 2.05) is 60.7 Å². The second kappa shape index (κ2) is 7.64. The van der Waals surface area contributed by atoms with Gasteiger partial charge in [0.25, 0.3) is 0 Å². The molecular weight excluding hydrogens is 389 g/mol. The summed E-state index contributed by atoms with van der Waals surface area (Å²) in [4.78, 5) is 4.62. The predicted molar refractivity (Wildman–Crippen MR) is 110 cm³/mol. The monoisotopic (exact) mass is 407 g/mol. The molecule has 6 heteroatoms. The fraction of sp³-hybridized carbons (Fsp3) is 0.0870.